The SMILES string of the molecule is CCCCNN1CC2=C(c3cccnc31)C(C)CN([O-])C2. The Bertz CT molecular complexity index is 543. The van der Waals surface area contributed by atoms with Gasteiger partial charge in [-0.15, -0.1) is 0 Å². The molecule has 3 heterocycles. The van der Waals surface area contributed by atoms with Crippen LogP contribution in [0.5, 0.6) is 0 Å². The van der Waals surface area contributed by atoms with Crippen molar-refractivity contribution in [2.24, 2.45) is 5.92 Å². The summed E-state index contributed by atoms with van der Waals surface area (Å²) in [4.78, 5) is 4.56. The number of hydrogen-bond acceptors (Lipinski definition) is 5. The van der Waals surface area contributed by atoms with Crippen LogP contribution in [0.3, 0.4) is 0 Å². The number of hydrogen-bond donors (Lipinski definition) is 1. The zero-order chi connectivity index (χ0) is 14.8. The minimum absolute atomic E-state index is 0.270. The van der Waals surface area contributed by atoms with Crippen molar-refractivity contribution in [2.75, 3.05) is 31.2 Å². The first-order chi connectivity index (χ1) is 10.2. The highest BCUT2D eigenvalue weighted by Gasteiger charge is 2.30. The molecule has 0 radical (unpaired) electrons. The Morgan fingerprint density at radius 1 is 1.43 bits per heavy atom. The molecule has 0 saturated heterocycles. The van der Waals surface area contributed by atoms with Gasteiger partial charge in [0.05, 0.1) is 6.54 Å². The van der Waals surface area contributed by atoms with Crippen LogP contribution >= 0.6 is 0 Å². The van der Waals surface area contributed by atoms with Gasteiger partial charge in [-0.25, -0.2) is 10.4 Å². The lowest BCUT2D eigenvalue weighted by molar-refractivity contribution is 0.353. The number of anilines is 1. The third-order valence-electron chi connectivity index (χ3n) is 4.23. The number of unbranched alkanes of at least 4 members (excludes halogenated alkanes) is 1. The van der Waals surface area contributed by atoms with E-state index in [4.69, 9.17) is 0 Å². The second-order valence-electron chi connectivity index (χ2n) is 5.96. The van der Waals surface area contributed by atoms with Crippen LogP contribution in [0.4, 0.5) is 5.82 Å². The lowest BCUT2D eigenvalue weighted by Gasteiger charge is -2.44. The highest BCUT2D eigenvalue weighted by atomic mass is 16.5. The maximum Gasteiger partial charge on any atom is 0.150 e. The van der Waals surface area contributed by atoms with Crippen LogP contribution < -0.4 is 10.4 Å². The Balaban J connectivity index is 1.93. The summed E-state index contributed by atoms with van der Waals surface area (Å²) >= 11 is 0. The topological polar surface area (TPSA) is 54.5 Å². The van der Waals surface area contributed by atoms with Crippen LogP contribution in [-0.4, -0.2) is 36.2 Å². The van der Waals surface area contributed by atoms with Crippen LogP contribution in [-0.2, 0) is 0 Å². The zero-order valence-corrected chi connectivity index (χ0v) is 12.8. The molecule has 0 saturated carbocycles. The highest BCUT2D eigenvalue weighted by molar-refractivity contribution is 5.82. The van der Waals surface area contributed by atoms with E-state index < -0.39 is 0 Å². The fourth-order valence-corrected chi connectivity index (χ4v) is 3.31. The summed E-state index contributed by atoms with van der Waals surface area (Å²) in [6.07, 6.45) is 4.14. The number of hydrazine groups is 1. The monoisotopic (exact) mass is 287 g/mol. The van der Waals surface area contributed by atoms with Gasteiger partial charge in [-0.2, -0.15) is 0 Å². The molecule has 2 aliphatic rings. The molecule has 21 heavy (non-hydrogen) atoms. The average Bonchev–Trinajstić information content (AvgIpc) is 2.46. The molecule has 1 aromatic rings. The zero-order valence-electron chi connectivity index (χ0n) is 12.8. The van der Waals surface area contributed by atoms with Gasteiger partial charge in [-0.05, 0) is 42.2 Å². The lowest BCUT2D eigenvalue weighted by Crippen LogP contribution is -2.46. The molecule has 0 aromatic carbocycles. The fraction of sp³-hybridized carbons (Fsp3) is 0.562. The number of pyridine rings is 1. The maximum absolute atomic E-state index is 11.8. The molecule has 1 atom stereocenters. The van der Waals surface area contributed by atoms with Crippen molar-refractivity contribution in [1.29, 1.82) is 0 Å². The summed E-state index contributed by atoms with van der Waals surface area (Å²) in [6.45, 7) is 7.10. The second-order valence-corrected chi connectivity index (χ2v) is 5.96. The van der Waals surface area contributed by atoms with Crippen molar-refractivity contribution in [3.8, 4) is 0 Å². The number of nitrogens with one attached hydrogen (secondary N) is 1. The Labute approximate surface area is 126 Å². The molecule has 0 amide bonds. The molecule has 5 nitrogen and oxygen atoms in total. The van der Waals surface area contributed by atoms with Crippen LogP contribution in [0.2, 0.25) is 0 Å². The van der Waals surface area contributed by atoms with E-state index >= 15 is 0 Å². The van der Waals surface area contributed by atoms with Crippen LogP contribution in [0.25, 0.3) is 5.57 Å². The molecule has 0 aliphatic carbocycles. The number of aromatic nitrogens is 1. The van der Waals surface area contributed by atoms with Gasteiger partial charge in [-0.3, -0.25) is 5.01 Å². The van der Waals surface area contributed by atoms with Crippen LogP contribution in [0.15, 0.2) is 23.9 Å². The van der Waals surface area contributed by atoms with Crippen molar-refractivity contribution in [3.05, 3.63) is 34.7 Å². The van der Waals surface area contributed by atoms with Gasteiger partial charge < -0.3 is 10.3 Å². The van der Waals surface area contributed by atoms with Crippen molar-refractivity contribution < 1.29 is 0 Å². The average molecular weight is 287 g/mol. The molecule has 0 bridgehead atoms. The molecule has 5 heteroatoms. The fourth-order valence-electron chi connectivity index (χ4n) is 3.31. The first kappa shape index (κ1) is 14.5. The number of nitrogens with zero attached hydrogens (tertiary/aromatic N) is 3. The summed E-state index contributed by atoms with van der Waals surface area (Å²) in [5.41, 5.74) is 7.20. The predicted octanol–water partition coefficient (Wildman–Crippen LogP) is 2.41. The van der Waals surface area contributed by atoms with E-state index in [1.54, 1.807) is 0 Å². The van der Waals surface area contributed by atoms with Crippen molar-refractivity contribution in [1.82, 2.24) is 15.5 Å². The largest absolute Gasteiger partial charge is 0.785 e. The highest BCUT2D eigenvalue weighted by Crippen LogP contribution is 2.39. The molecular weight excluding hydrogens is 264 g/mol. The Hall–Kier alpha value is -1.43. The van der Waals surface area contributed by atoms with Gasteiger partial charge in [0, 0.05) is 24.8 Å². The summed E-state index contributed by atoms with van der Waals surface area (Å²) in [6, 6.07) is 4.11. The summed E-state index contributed by atoms with van der Waals surface area (Å²) in [7, 11) is 0. The standard InChI is InChI=1S/C16H23N4O/c1-3-4-8-18-20-11-13-10-19(21)9-12(2)15(13)14-6-5-7-17-16(14)20/h5-7,12,18H,3-4,8-11H2,1-2H3/q-1. The Morgan fingerprint density at radius 3 is 3.10 bits per heavy atom. The summed E-state index contributed by atoms with van der Waals surface area (Å²) in [5.74, 6) is 1.27. The maximum atomic E-state index is 11.8. The third kappa shape index (κ3) is 2.81. The Kier molecular flexibility index (Phi) is 4.24. The van der Waals surface area contributed by atoms with Gasteiger partial charge >= 0.3 is 0 Å². The minimum atomic E-state index is 0.270. The van der Waals surface area contributed by atoms with E-state index in [0.717, 1.165) is 31.7 Å². The van der Waals surface area contributed by atoms with E-state index in [9.17, 15) is 5.21 Å². The van der Waals surface area contributed by atoms with Gasteiger partial charge in [0.25, 0.3) is 0 Å². The number of rotatable bonds is 4. The molecule has 0 spiro atoms. The summed E-state index contributed by atoms with van der Waals surface area (Å²) < 4.78 is 0. The molecular formula is C16H23N4O-. The van der Waals surface area contributed by atoms with Crippen LogP contribution in [0, 0.1) is 11.1 Å². The normalized spacial score (nSPS) is 22.2. The molecule has 3 rings (SSSR count). The Morgan fingerprint density at radius 2 is 2.29 bits per heavy atom. The quantitative estimate of drug-likeness (QED) is 0.862. The molecule has 1 aromatic heterocycles. The van der Waals surface area contributed by atoms with Gasteiger partial charge in [-0.1, -0.05) is 20.3 Å². The van der Waals surface area contributed by atoms with Crippen molar-refractivity contribution in [3.63, 3.8) is 0 Å². The van der Waals surface area contributed by atoms with E-state index in [0.29, 0.717) is 13.1 Å². The predicted molar refractivity (Wildman–Crippen MR) is 85.5 cm³/mol. The first-order valence-corrected chi connectivity index (χ1v) is 7.81. The molecule has 2 aliphatic heterocycles. The van der Waals surface area contributed by atoms with Crippen LogP contribution in [0.1, 0.15) is 32.3 Å². The molecule has 1 unspecified atom stereocenters. The van der Waals surface area contributed by atoms with Gasteiger partial charge in [0.2, 0.25) is 0 Å². The van der Waals surface area contributed by atoms with Gasteiger partial charge in [0.15, 0.2) is 5.82 Å². The number of hydroxylamine groups is 2. The molecule has 0 fully saturated rings. The van der Waals surface area contributed by atoms with E-state index in [1.165, 1.54) is 21.8 Å². The van der Waals surface area contributed by atoms with Gasteiger partial charge in [0.1, 0.15) is 0 Å². The van der Waals surface area contributed by atoms with Crippen molar-refractivity contribution >= 4 is 11.4 Å². The van der Waals surface area contributed by atoms with Crippen molar-refractivity contribution in [2.45, 2.75) is 26.7 Å². The molecule has 1 N–H and O–H groups in total. The van der Waals surface area contributed by atoms with E-state index in [-0.39, 0.29) is 5.92 Å². The van der Waals surface area contributed by atoms with E-state index in [1.807, 2.05) is 12.3 Å². The smallest absolute Gasteiger partial charge is 0.150 e. The minimum Gasteiger partial charge on any atom is -0.785 e. The third-order valence-corrected chi connectivity index (χ3v) is 4.23. The second kappa shape index (κ2) is 6.13. The lowest BCUT2D eigenvalue weighted by atomic mass is 9.84. The first-order valence-electron chi connectivity index (χ1n) is 7.81. The number of fused-ring (bicyclic) bond motifs is 2. The van der Waals surface area contributed by atoms with E-state index in [2.05, 4.69) is 35.3 Å². The molecule has 114 valence electrons. The summed E-state index contributed by atoms with van der Waals surface area (Å²) in [5, 5.41) is 15.1.